The second-order valence-corrected chi connectivity index (χ2v) is 5.17. The number of hydrogen-bond acceptors (Lipinski definition) is 4. The molecule has 0 saturated carbocycles. The van der Waals surface area contributed by atoms with E-state index in [0.717, 1.165) is 12.1 Å². The third kappa shape index (κ3) is 4.64. The number of nitrogens with one attached hydrogen (secondary N) is 1. The molecule has 21 heavy (non-hydrogen) atoms. The molecule has 0 radical (unpaired) electrons. The number of benzene rings is 1. The molecule has 2 rings (SSSR count). The summed E-state index contributed by atoms with van der Waals surface area (Å²) in [5.41, 5.74) is 0.160. The second kappa shape index (κ2) is 7.70. The van der Waals surface area contributed by atoms with Gasteiger partial charge in [-0.05, 0) is 24.6 Å². The first-order valence-electron chi connectivity index (χ1n) is 6.67. The van der Waals surface area contributed by atoms with E-state index in [1.807, 2.05) is 0 Å². The van der Waals surface area contributed by atoms with Gasteiger partial charge < -0.3 is 19.9 Å². The lowest BCUT2D eigenvalue weighted by Gasteiger charge is -2.32. The Hall–Kier alpha value is -1.21. The molecule has 1 amide bonds. The number of carbonyl (C=O) groups is 1. The Kier molecular flexibility index (Phi) is 5.93. The summed E-state index contributed by atoms with van der Waals surface area (Å²) in [5.74, 6) is -0.978. The molecule has 2 atom stereocenters. The Bertz CT molecular complexity index is 480. The van der Waals surface area contributed by atoms with Gasteiger partial charge in [0.05, 0.1) is 25.9 Å². The molecule has 0 bridgehead atoms. The maximum Gasteiger partial charge on any atom is 0.251 e. The van der Waals surface area contributed by atoms with Crippen molar-refractivity contribution in [2.45, 2.75) is 18.6 Å². The molecule has 1 saturated heterocycles. The average molecular weight is 318 g/mol. The monoisotopic (exact) mass is 317 g/mol. The largest absolute Gasteiger partial charge is 0.394 e. The van der Waals surface area contributed by atoms with Gasteiger partial charge in [0.2, 0.25) is 0 Å². The Morgan fingerprint density at radius 2 is 2.33 bits per heavy atom. The van der Waals surface area contributed by atoms with E-state index in [9.17, 15) is 9.18 Å². The highest BCUT2D eigenvalue weighted by Crippen LogP contribution is 2.16. The van der Waals surface area contributed by atoms with Gasteiger partial charge in [0.1, 0.15) is 11.9 Å². The number of hydrogen-bond donors (Lipinski definition) is 2. The van der Waals surface area contributed by atoms with Crippen LogP contribution in [0.1, 0.15) is 16.8 Å². The molecular formula is C14H17ClFNO4. The number of aliphatic hydroxyl groups excluding tert-OH is 1. The van der Waals surface area contributed by atoms with Gasteiger partial charge in [-0.3, -0.25) is 4.79 Å². The van der Waals surface area contributed by atoms with Crippen molar-refractivity contribution in [2.24, 2.45) is 0 Å². The number of ether oxygens (including phenoxy) is 2. The summed E-state index contributed by atoms with van der Waals surface area (Å²) < 4.78 is 24.0. The lowest BCUT2D eigenvalue weighted by atomic mass is 10.1. The van der Waals surface area contributed by atoms with Crippen LogP contribution in [0.3, 0.4) is 0 Å². The van der Waals surface area contributed by atoms with E-state index in [1.54, 1.807) is 0 Å². The highest BCUT2D eigenvalue weighted by atomic mass is 35.5. The summed E-state index contributed by atoms with van der Waals surface area (Å²) in [6.45, 7) is 0.922. The van der Waals surface area contributed by atoms with Crippen molar-refractivity contribution < 1.29 is 23.8 Å². The molecular weight excluding hydrogens is 301 g/mol. The molecule has 0 spiro atoms. The zero-order valence-electron chi connectivity index (χ0n) is 11.4. The smallest absolute Gasteiger partial charge is 0.251 e. The lowest BCUT2D eigenvalue weighted by Crippen LogP contribution is -2.50. The average Bonchev–Trinajstić information content (AvgIpc) is 2.45. The Balaban J connectivity index is 2.02. The predicted octanol–water partition coefficient (Wildman–Crippen LogP) is 1.38. The Morgan fingerprint density at radius 3 is 3.05 bits per heavy atom. The van der Waals surface area contributed by atoms with Crippen molar-refractivity contribution in [3.8, 4) is 0 Å². The van der Waals surface area contributed by atoms with E-state index in [2.05, 4.69) is 5.32 Å². The molecule has 0 aromatic heterocycles. The van der Waals surface area contributed by atoms with Crippen LogP contribution in [0, 0.1) is 5.82 Å². The van der Waals surface area contributed by atoms with E-state index < -0.39 is 11.7 Å². The van der Waals surface area contributed by atoms with Crippen molar-refractivity contribution in [3.63, 3.8) is 0 Å². The van der Waals surface area contributed by atoms with Crippen molar-refractivity contribution in [2.75, 3.05) is 26.4 Å². The van der Waals surface area contributed by atoms with E-state index in [-0.39, 0.29) is 35.9 Å². The van der Waals surface area contributed by atoms with Gasteiger partial charge in [-0.2, -0.15) is 0 Å². The summed E-state index contributed by atoms with van der Waals surface area (Å²) in [6, 6.07) is 3.42. The summed E-state index contributed by atoms with van der Waals surface area (Å²) in [6.07, 6.45) is 0.254. The number of aliphatic hydroxyl groups is 1. The molecule has 1 aliphatic heterocycles. The molecule has 1 heterocycles. The van der Waals surface area contributed by atoms with Gasteiger partial charge in [-0.15, -0.1) is 0 Å². The highest BCUT2D eigenvalue weighted by molar-refractivity contribution is 6.31. The standard InChI is InChI=1S/C14H17ClFNO4/c15-10-5-9(6-11(16)7-10)14(19)17-12-1-3-20-8-13(12)21-4-2-18/h5-7,12-13,18H,1-4,8H2,(H,17,19)/t12-,13-/m1/s1. The predicted molar refractivity (Wildman–Crippen MR) is 74.9 cm³/mol. The molecule has 1 aromatic carbocycles. The first kappa shape index (κ1) is 16.2. The zero-order chi connectivity index (χ0) is 15.2. The van der Waals surface area contributed by atoms with Crippen LogP contribution in [0.25, 0.3) is 0 Å². The normalized spacial score (nSPS) is 22.0. The summed E-state index contributed by atoms with van der Waals surface area (Å²) >= 11 is 5.74. The molecule has 0 unspecified atom stereocenters. The molecule has 116 valence electrons. The first-order chi connectivity index (χ1) is 10.1. The van der Waals surface area contributed by atoms with Crippen LogP contribution < -0.4 is 5.32 Å². The van der Waals surface area contributed by atoms with E-state index in [1.165, 1.54) is 6.07 Å². The van der Waals surface area contributed by atoms with Crippen molar-refractivity contribution in [3.05, 3.63) is 34.6 Å². The minimum Gasteiger partial charge on any atom is -0.394 e. The van der Waals surface area contributed by atoms with Crippen molar-refractivity contribution in [1.82, 2.24) is 5.32 Å². The molecule has 7 heteroatoms. The Morgan fingerprint density at radius 1 is 1.52 bits per heavy atom. The fraction of sp³-hybridized carbons (Fsp3) is 0.500. The molecule has 1 aliphatic rings. The molecule has 1 aromatic rings. The maximum atomic E-state index is 13.3. The highest BCUT2D eigenvalue weighted by Gasteiger charge is 2.28. The van der Waals surface area contributed by atoms with Crippen LogP contribution in [-0.2, 0) is 9.47 Å². The first-order valence-corrected chi connectivity index (χ1v) is 7.05. The van der Waals surface area contributed by atoms with Gasteiger partial charge in [0.25, 0.3) is 5.91 Å². The van der Waals surface area contributed by atoms with Crippen LogP contribution in [0.15, 0.2) is 18.2 Å². The van der Waals surface area contributed by atoms with Gasteiger partial charge in [0, 0.05) is 17.2 Å². The quantitative estimate of drug-likeness (QED) is 0.861. The van der Waals surface area contributed by atoms with Gasteiger partial charge in [-0.1, -0.05) is 11.6 Å². The Labute approximate surface area is 127 Å². The SMILES string of the molecule is O=C(N[C@@H]1CCOC[C@H]1OCCO)c1cc(F)cc(Cl)c1. The van der Waals surface area contributed by atoms with Crippen molar-refractivity contribution in [1.29, 1.82) is 0 Å². The fourth-order valence-corrected chi connectivity index (χ4v) is 2.40. The van der Waals surface area contributed by atoms with Gasteiger partial charge in [-0.25, -0.2) is 4.39 Å². The van der Waals surface area contributed by atoms with Crippen LogP contribution in [0.2, 0.25) is 5.02 Å². The van der Waals surface area contributed by atoms with Crippen LogP contribution in [0.4, 0.5) is 4.39 Å². The molecule has 5 nitrogen and oxygen atoms in total. The van der Waals surface area contributed by atoms with Gasteiger partial charge in [0.15, 0.2) is 0 Å². The number of rotatable bonds is 5. The van der Waals surface area contributed by atoms with Gasteiger partial charge >= 0.3 is 0 Å². The zero-order valence-corrected chi connectivity index (χ0v) is 12.1. The number of amides is 1. The third-order valence-electron chi connectivity index (χ3n) is 3.17. The summed E-state index contributed by atoms with van der Waals surface area (Å²) in [5, 5.41) is 11.8. The van der Waals surface area contributed by atoms with Crippen LogP contribution >= 0.6 is 11.6 Å². The fourth-order valence-electron chi connectivity index (χ4n) is 2.18. The van der Waals surface area contributed by atoms with E-state index in [4.69, 9.17) is 26.2 Å². The number of halogens is 2. The number of carbonyl (C=O) groups excluding carboxylic acids is 1. The third-order valence-corrected chi connectivity index (χ3v) is 3.39. The van der Waals surface area contributed by atoms with E-state index >= 15 is 0 Å². The van der Waals surface area contributed by atoms with Crippen LogP contribution in [-0.4, -0.2) is 49.6 Å². The lowest BCUT2D eigenvalue weighted by molar-refractivity contribution is -0.0737. The summed E-state index contributed by atoms with van der Waals surface area (Å²) in [4.78, 5) is 12.2. The molecule has 1 fully saturated rings. The summed E-state index contributed by atoms with van der Waals surface area (Å²) in [7, 11) is 0. The second-order valence-electron chi connectivity index (χ2n) is 4.73. The molecule has 0 aliphatic carbocycles. The maximum absolute atomic E-state index is 13.3. The molecule has 2 N–H and O–H groups in total. The minimum absolute atomic E-state index is 0.101. The van der Waals surface area contributed by atoms with Crippen LogP contribution in [0.5, 0.6) is 0 Å². The van der Waals surface area contributed by atoms with E-state index in [0.29, 0.717) is 19.6 Å². The van der Waals surface area contributed by atoms with Crippen molar-refractivity contribution >= 4 is 17.5 Å². The minimum atomic E-state index is -0.562. The topological polar surface area (TPSA) is 67.8 Å².